The minimum atomic E-state index is 0.181. The van der Waals surface area contributed by atoms with Crippen LogP contribution < -0.4 is 0 Å². The molecule has 0 aromatic rings. The predicted octanol–water partition coefficient (Wildman–Crippen LogP) is 3.84. The SMILES string of the molecule is C/C=C/C/C(=C/CO)CCCCCC. The van der Waals surface area contributed by atoms with Crippen molar-refractivity contribution in [2.75, 3.05) is 6.61 Å². The van der Waals surface area contributed by atoms with Crippen LogP contribution in [0.15, 0.2) is 23.8 Å². The van der Waals surface area contributed by atoms with E-state index in [-0.39, 0.29) is 6.61 Å². The van der Waals surface area contributed by atoms with Crippen molar-refractivity contribution in [3.8, 4) is 0 Å². The monoisotopic (exact) mass is 196 g/mol. The van der Waals surface area contributed by atoms with E-state index in [1.165, 1.54) is 31.3 Å². The standard InChI is InChI=1S/C13H24O/c1-3-5-7-8-10-13(11-12-14)9-6-4-2/h4,6,11,14H,3,5,7-10,12H2,1-2H3/b6-4+,13-11-. The molecule has 1 nitrogen and oxygen atoms in total. The second-order valence-electron chi connectivity index (χ2n) is 3.63. The minimum absolute atomic E-state index is 0.181. The van der Waals surface area contributed by atoms with Gasteiger partial charge in [0.2, 0.25) is 0 Å². The summed E-state index contributed by atoms with van der Waals surface area (Å²) < 4.78 is 0. The summed E-state index contributed by atoms with van der Waals surface area (Å²) >= 11 is 0. The van der Waals surface area contributed by atoms with Gasteiger partial charge in [-0.2, -0.15) is 0 Å². The molecule has 0 aliphatic heterocycles. The highest BCUT2D eigenvalue weighted by atomic mass is 16.2. The van der Waals surface area contributed by atoms with E-state index in [9.17, 15) is 0 Å². The molecule has 0 atom stereocenters. The quantitative estimate of drug-likeness (QED) is 0.462. The number of hydrogen-bond acceptors (Lipinski definition) is 1. The average Bonchev–Trinajstić information content (AvgIpc) is 2.20. The molecule has 0 fully saturated rings. The van der Waals surface area contributed by atoms with Gasteiger partial charge in [-0.25, -0.2) is 0 Å². The van der Waals surface area contributed by atoms with Crippen LogP contribution in [-0.4, -0.2) is 11.7 Å². The van der Waals surface area contributed by atoms with Crippen molar-refractivity contribution in [2.24, 2.45) is 0 Å². The van der Waals surface area contributed by atoms with E-state index in [1.807, 2.05) is 13.0 Å². The fourth-order valence-electron chi connectivity index (χ4n) is 1.46. The highest BCUT2D eigenvalue weighted by Gasteiger charge is 1.95. The van der Waals surface area contributed by atoms with Gasteiger partial charge in [0.05, 0.1) is 6.61 Å². The van der Waals surface area contributed by atoms with Crippen molar-refractivity contribution >= 4 is 0 Å². The van der Waals surface area contributed by atoms with Crippen LogP contribution in [0.5, 0.6) is 0 Å². The van der Waals surface area contributed by atoms with Crippen LogP contribution in [-0.2, 0) is 0 Å². The van der Waals surface area contributed by atoms with Gasteiger partial charge in [-0.3, -0.25) is 0 Å². The van der Waals surface area contributed by atoms with Gasteiger partial charge in [-0.15, -0.1) is 0 Å². The lowest BCUT2D eigenvalue weighted by Crippen LogP contribution is -1.86. The van der Waals surface area contributed by atoms with E-state index in [2.05, 4.69) is 19.1 Å². The second kappa shape index (κ2) is 10.5. The largest absolute Gasteiger partial charge is 0.392 e. The number of rotatable bonds is 8. The van der Waals surface area contributed by atoms with Gasteiger partial charge in [-0.1, -0.05) is 50.0 Å². The van der Waals surface area contributed by atoms with E-state index in [1.54, 1.807) is 0 Å². The van der Waals surface area contributed by atoms with E-state index < -0.39 is 0 Å². The molecule has 0 bridgehead atoms. The molecule has 0 amide bonds. The van der Waals surface area contributed by atoms with E-state index in [0.29, 0.717) is 0 Å². The van der Waals surface area contributed by atoms with Gasteiger partial charge in [0.15, 0.2) is 0 Å². The van der Waals surface area contributed by atoms with Gasteiger partial charge < -0.3 is 5.11 Å². The molecule has 0 saturated carbocycles. The number of hydrogen-bond donors (Lipinski definition) is 1. The number of unbranched alkanes of at least 4 members (excludes halogenated alkanes) is 3. The molecule has 1 heteroatoms. The third-order valence-corrected chi connectivity index (χ3v) is 2.35. The fraction of sp³-hybridized carbons (Fsp3) is 0.692. The van der Waals surface area contributed by atoms with Gasteiger partial charge in [0.1, 0.15) is 0 Å². The summed E-state index contributed by atoms with van der Waals surface area (Å²) in [6.07, 6.45) is 13.5. The maximum Gasteiger partial charge on any atom is 0.0615 e. The van der Waals surface area contributed by atoms with Gasteiger partial charge >= 0.3 is 0 Å². The third kappa shape index (κ3) is 8.06. The molecule has 0 saturated heterocycles. The summed E-state index contributed by atoms with van der Waals surface area (Å²) in [5.74, 6) is 0. The summed E-state index contributed by atoms with van der Waals surface area (Å²) in [5.41, 5.74) is 1.38. The molecule has 0 aliphatic carbocycles. The summed E-state index contributed by atoms with van der Waals surface area (Å²) in [7, 11) is 0. The molecule has 0 unspecified atom stereocenters. The lowest BCUT2D eigenvalue weighted by molar-refractivity contribution is 0.341. The van der Waals surface area contributed by atoms with Gasteiger partial charge in [0, 0.05) is 0 Å². The van der Waals surface area contributed by atoms with Crippen LogP contribution in [0.25, 0.3) is 0 Å². The average molecular weight is 196 g/mol. The third-order valence-electron chi connectivity index (χ3n) is 2.35. The van der Waals surface area contributed by atoms with E-state index in [4.69, 9.17) is 5.11 Å². The molecule has 82 valence electrons. The van der Waals surface area contributed by atoms with Crippen LogP contribution in [0.3, 0.4) is 0 Å². The Morgan fingerprint density at radius 2 is 2.00 bits per heavy atom. The first-order valence-corrected chi connectivity index (χ1v) is 5.75. The maximum absolute atomic E-state index is 8.84. The molecular formula is C13H24O. The van der Waals surface area contributed by atoms with Crippen LogP contribution in [0.4, 0.5) is 0 Å². The van der Waals surface area contributed by atoms with Crippen molar-refractivity contribution in [1.29, 1.82) is 0 Å². The van der Waals surface area contributed by atoms with Crippen LogP contribution >= 0.6 is 0 Å². The minimum Gasteiger partial charge on any atom is -0.392 e. The van der Waals surface area contributed by atoms with Gasteiger partial charge in [-0.05, 0) is 26.2 Å². The normalized spacial score (nSPS) is 12.6. The smallest absolute Gasteiger partial charge is 0.0615 e. The number of aliphatic hydroxyl groups excluding tert-OH is 1. The van der Waals surface area contributed by atoms with Crippen molar-refractivity contribution in [2.45, 2.75) is 52.4 Å². The molecule has 0 rings (SSSR count). The molecule has 0 aliphatic rings. The fourth-order valence-corrected chi connectivity index (χ4v) is 1.46. The first-order valence-electron chi connectivity index (χ1n) is 5.75. The highest BCUT2D eigenvalue weighted by Crippen LogP contribution is 2.13. The molecule has 0 radical (unpaired) electrons. The first-order chi connectivity index (χ1) is 6.85. The Bertz CT molecular complexity index is 168. The Morgan fingerprint density at radius 3 is 2.57 bits per heavy atom. The zero-order valence-electron chi connectivity index (χ0n) is 9.63. The zero-order valence-corrected chi connectivity index (χ0v) is 9.63. The summed E-state index contributed by atoms with van der Waals surface area (Å²) in [6.45, 7) is 4.44. The zero-order chi connectivity index (χ0) is 10.6. The molecule has 0 heterocycles. The lowest BCUT2D eigenvalue weighted by Gasteiger charge is -2.04. The lowest BCUT2D eigenvalue weighted by atomic mass is 10.0. The van der Waals surface area contributed by atoms with Crippen LogP contribution in [0.1, 0.15) is 52.4 Å². The molecular weight excluding hydrogens is 172 g/mol. The summed E-state index contributed by atoms with van der Waals surface area (Å²) in [6, 6.07) is 0. The van der Waals surface area contributed by atoms with Gasteiger partial charge in [0.25, 0.3) is 0 Å². The molecule has 0 spiro atoms. The Kier molecular flexibility index (Phi) is 10.1. The van der Waals surface area contributed by atoms with Crippen LogP contribution in [0, 0.1) is 0 Å². The number of aliphatic hydroxyl groups is 1. The van der Waals surface area contributed by atoms with E-state index >= 15 is 0 Å². The van der Waals surface area contributed by atoms with E-state index in [0.717, 1.165) is 12.8 Å². The predicted molar refractivity (Wildman–Crippen MR) is 63.4 cm³/mol. The Balaban J connectivity index is 3.68. The Labute approximate surface area is 88.5 Å². The number of allylic oxidation sites excluding steroid dienone is 3. The van der Waals surface area contributed by atoms with Crippen molar-refractivity contribution in [3.05, 3.63) is 23.8 Å². The van der Waals surface area contributed by atoms with Crippen molar-refractivity contribution < 1.29 is 5.11 Å². The Hall–Kier alpha value is -0.560. The topological polar surface area (TPSA) is 20.2 Å². The molecule has 1 N–H and O–H groups in total. The Morgan fingerprint density at radius 1 is 1.21 bits per heavy atom. The highest BCUT2D eigenvalue weighted by molar-refractivity contribution is 5.07. The second-order valence-corrected chi connectivity index (χ2v) is 3.63. The first kappa shape index (κ1) is 13.4. The molecule has 14 heavy (non-hydrogen) atoms. The molecule has 0 aromatic heterocycles. The molecule has 0 aromatic carbocycles. The summed E-state index contributed by atoms with van der Waals surface area (Å²) in [5, 5.41) is 8.84. The summed E-state index contributed by atoms with van der Waals surface area (Å²) in [4.78, 5) is 0. The van der Waals surface area contributed by atoms with Crippen molar-refractivity contribution in [3.63, 3.8) is 0 Å². The maximum atomic E-state index is 8.84. The van der Waals surface area contributed by atoms with Crippen molar-refractivity contribution in [1.82, 2.24) is 0 Å². The van der Waals surface area contributed by atoms with Crippen LogP contribution in [0.2, 0.25) is 0 Å².